The summed E-state index contributed by atoms with van der Waals surface area (Å²) < 4.78 is 16.4. The van der Waals surface area contributed by atoms with E-state index in [-0.39, 0.29) is 11.9 Å². The van der Waals surface area contributed by atoms with Gasteiger partial charge in [0.15, 0.2) is 10.8 Å². The van der Waals surface area contributed by atoms with Crippen LogP contribution in [0.1, 0.15) is 23.5 Å². The topological polar surface area (TPSA) is 49.3 Å². The Morgan fingerprint density at radius 1 is 1.43 bits per heavy atom. The van der Waals surface area contributed by atoms with Gasteiger partial charge in [-0.3, -0.25) is 9.71 Å². The maximum atomic E-state index is 13.4. The SMILES string of the molecule is CNSC1=C(C)NC(c2nccs2)=NC1c1ccc(F)cc1Cl. The van der Waals surface area contributed by atoms with Crippen LogP contribution in [0.15, 0.2) is 45.4 Å². The van der Waals surface area contributed by atoms with Gasteiger partial charge in [0.2, 0.25) is 0 Å². The van der Waals surface area contributed by atoms with Gasteiger partial charge in [-0.15, -0.1) is 11.3 Å². The van der Waals surface area contributed by atoms with E-state index in [0.717, 1.165) is 21.2 Å². The molecule has 4 nitrogen and oxygen atoms in total. The van der Waals surface area contributed by atoms with E-state index in [1.807, 2.05) is 19.4 Å². The second-order valence-electron chi connectivity index (χ2n) is 4.80. The zero-order valence-corrected chi connectivity index (χ0v) is 14.8. The van der Waals surface area contributed by atoms with Crippen molar-refractivity contribution < 1.29 is 4.39 Å². The van der Waals surface area contributed by atoms with Crippen LogP contribution in [-0.2, 0) is 0 Å². The minimum Gasteiger partial charge on any atom is -0.341 e. The number of hydrogen-bond acceptors (Lipinski definition) is 6. The third-order valence-electron chi connectivity index (χ3n) is 3.29. The van der Waals surface area contributed by atoms with Crippen LogP contribution < -0.4 is 10.0 Å². The molecule has 0 saturated carbocycles. The first kappa shape index (κ1) is 16.4. The van der Waals surface area contributed by atoms with Gasteiger partial charge in [0.1, 0.15) is 11.9 Å². The molecule has 2 heterocycles. The number of thiazole rings is 1. The molecule has 1 unspecified atom stereocenters. The summed E-state index contributed by atoms with van der Waals surface area (Å²) in [6.07, 6.45) is 1.74. The van der Waals surface area contributed by atoms with Crippen LogP contribution in [-0.4, -0.2) is 17.9 Å². The largest absolute Gasteiger partial charge is 0.341 e. The smallest absolute Gasteiger partial charge is 0.163 e. The van der Waals surface area contributed by atoms with Gasteiger partial charge in [-0.2, -0.15) is 0 Å². The van der Waals surface area contributed by atoms with Crippen LogP contribution in [0.2, 0.25) is 5.02 Å². The van der Waals surface area contributed by atoms with Gasteiger partial charge >= 0.3 is 0 Å². The highest BCUT2D eigenvalue weighted by molar-refractivity contribution is 8.01. The van der Waals surface area contributed by atoms with E-state index >= 15 is 0 Å². The Morgan fingerprint density at radius 3 is 2.91 bits per heavy atom. The first-order valence-electron chi connectivity index (χ1n) is 6.84. The van der Waals surface area contributed by atoms with Gasteiger partial charge in [-0.05, 0) is 38.1 Å². The molecular weight excluding hydrogens is 355 g/mol. The van der Waals surface area contributed by atoms with E-state index in [1.165, 1.54) is 35.4 Å². The molecule has 8 heteroatoms. The summed E-state index contributed by atoms with van der Waals surface area (Å²) in [6, 6.07) is 4.09. The van der Waals surface area contributed by atoms with E-state index < -0.39 is 0 Å². The molecule has 0 fully saturated rings. The van der Waals surface area contributed by atoms with Crippen LogP contribution in [0, 0.1) is 5.82 Å². The fraction of sp³-hybridized carbons (Fsp3) is 0.200. The third-order valence-corrected chi connectivity index (χ3v) is 5.35. The highest BCUT2D eigenvalue weighted by Gasteiger charge is 2.27. The first-order chi connectivity index (χ1) is 11.1. The van der Waals surface area contributed by atoms with Gasteiger partial charge in [-0.25, -0.2) is 9.37 Å². The predicted octanol–water partition coefficient (Wildman–Crippen LogP) is 4.13. The average Bonchev–Trinajstić information content (AvgIpc) is 3.04. The van der Waals surface area contributed by atoms with Crippen LogP contribution in [0.5, 0.6) is 0 Å². The van der Waals surface area contributed by atoms with Crippen LogP contribution in [0.3, 0.4) is 0 Å². The number of allylic oxidation sites excluding steroid dienone is 1. The van der Waals surface area contributed by atoms with Crippen molar-refractivity contribution >= 4 is 40.7 Å². The van der Waals surface area contributed by atoms with Crippen LogP contribution in [0.25, 0.3) is 0 Å². The van der Waals surface area contributed by atoms with Crippen LogP contribution >= 0.6 is 34.9 Å². The minimum atomic E-state index is -0.361. The molecule has 0 radical (unpaired) electrons. The summed E-state index contributed by atoms with van der Waals surface area (Å²) in [4.78, 5) is 10.0. The van der Waals surface area contributed by atoms with E-state index in [4.69, 9.17) is 16.6 Å². The zero-order valence-electron chi connectivity index (χ0n) is 12.4. The average molecular weight is 369 g/mol. The third kappa shape index (κ3) is 3.42. The second-order valence-corrected chi connectivity index (χ2v) is 7.16. The van der Waals surface area contributed by atoms with Crippen molar-refractivity contribution in [2.75, 3.05) is 7.05 Å². The molecule has 0 amide bonds. The molecule has 23 heavy (non-hydrogen) atoms. The van der Waals surface area contributed by atoms with Gasteiger partial charge in [-0.1, -0.05) is 17.7 Å². The molecule has 1 aromatic carbocycles. The van der Waals surface area contributed by atoms with Gasteiger partial charge in [0.25, 0.3) is 0 Å². The van der Waals surface area contributed by atoms with Crippen molar-refractivity contribution in [2.45, 2.75) is 13.0 Å². The molecule has 3 rings (SSSR count). The Labute approximate surface area is 147 Å². The van der Waals surface area contributed by atoms with Gasteiger partial charge in [0.05, 0.1) is 0 Å². The molecule has 0 spiro atoms. The lowest BCUT2D eigenvalue weighted by Gasteiger charge is -2.26. The number of rotatable bonds is 4. The Balaban J connectivity index is 2.08. The lowest BCUT2D eigenvalue weighted by atomic mass is 10.0. The molecule has 1 aliphatic rings. The normalized spacial score (nSPS) is 17.9. The monoisotopic (exact) mass is 368 g/mol. The number of amidine groups is 1. The summed E-state index contributed by atoms with van der Waals surface area (Å²) in [5, 5.41) is 6.35. The summed E-state index contributed by atoms with van der Waals surface area (Å²) in [6.45, 7) is 1.98. The Morgan fingerprint density at radius 2 is 2.26 bits per heavy atom. The van der Waals surface area contributed by atoms with E-state index in [0.29, 0.717) is 10.9 Å². The standard InChI is InChI=1S/C15H14ClFN4S2/c1-8-13(23-18-2)12(10-4-3-9(17)7-11(10)16)21-14(20-8)15-19-5-6-22-15/h3-7,12,18H,1-2H3,(H,20,21). The molecule has 0 bridgehead atoms. The van der Waals surface area contributed by atoms with Crippen molar-refractivity contribution in [2.24, 2.45) is 4.99 Å². The summed E-state index contributed by atoms with van der Waals surface area (Å²) in [7, 11) is 1.84. The maximum absolute atomic E-state index is 13.4. The minimum absolute atomic E-state index is 0.305. The maximum Gasteiger partial charge on any atom is 0.163 e. The predicted molar refractivity (Wildman–Crippen MR) is 95.3 cm³/mol. The van der Waals surface area contributed by atoms with Crippen molar-refractivity contribution in [3.8, 4) is 0 Å². The fourth-order valence-electron chi connectivity index (χ4n) is 2.29. The zero-order chi connectivity index (χ0) is 16.4. The Hall–Kier alpha value is -1.41. The fourth-order valence-corrected chi connectivity index (χ4v) is 3.86. The molecular formula is C15H14ClFN4S2. The van der Waals surface area contributed by atoms with Crippen LogP contribution in [0.4, 0.5) is 4.39 Å². The number of aliphatic imine (C=N–C) groups is 1. The molecule has 2 aromatic rings. The quantitative estimate of drug-likeness (QED) is 0.797. The highest BCUT2D eigenvalue weighted by Crippen LogP contribution is 2.39. The van der Waals surface area contributed by atoms with E-state index in [1.54, 1.807) is 12.3 Å². The summed E-state index contributed by atoms with van der Waals surface area (Å²) in [5.74, 6) is 0.337. The Bertz CT molecular complexity index is 774. The number of hydrogen-bond donors (Lipinski definition) is 2. The van der Waals surface area contributed by atoms with E-state index in [9.17, 15) is 4.39 Å². The summed E-state index contributed by atoms with van der Waals surface area (Å²) in [5.41, 5.74) is 1.73. The molecule has 0 saturated heterocycles. The lowest BCUT2D eigenvalue weighted by molar-refractivity contribution is 0.626. The number of halogens is 2. The number of benzene rings is 1. The summed E-state index contributed by atoms with van der Waals surface area (Å²) >= 11 is 9.23. The van der Waals surface area contributed by atoms with Crippen molar-refractivity contribution in [1.29, 1.82) is 0 Å². The molecule has 1 atom stereocenters. The molecule has 120 valence electrons. The number of nitrogens with zero attached hydrogens (tertiary/aromatic N) is 2. The highest BCUT2D eigenvalue weighted by atomic mass is 35.5. The molecule has 2 N–H and O–H groups in total. The van der Waals surface area contributed by atoms with Crippen molar-refractivity contribution in [1.82, 2.24) is 15.0 Å². The Kier molecular flexibility index (Phi) is 5.01. The second kappa shape index (κ2) is 7.00. The van der Waals surface area contributed by atoms with Crippen molar-refractivity contribution in [3.63, 3.8) is 0 Å². The van der Waals surface area contributed by atoms with Gasteiger partial charge in [0, 0.05) is 32.8 Å². The lowest BCUT2D eigenvalue weighted by Crippen LogP contribution is -2.29. The number of nitrogens with one attached hydrogen (secondary N) is 2. The molecule has 1 aromatic heterocycles. The first-order valence-corrected chi connectivity index (χ1v) is 8.91. The van der Waals surface area contributed by atoms with E-state index in [2.05, 4.69) is 15.0 Å². The molecule has 0 aliphatic carbocycles. The van der Waals surface area contributed by atoms with Crippen molar-refractivity contribution in [3.05, 3.63) is 61.8 Å². The molecule has 1 aliphatic heterocycles. The van der Waals surface area contributed by atoms with Gasteiger partial charge < -0.3 is 5.32 Å². The number of aromatic nitrogens is 1.